The van der Waals surface area contributed by atoms with Crippen LogP contribution in [0.15, 0.2) is 18.2 Å². The van der Waals surface area contributed by atoms with Crippen LogP contribution in [0.5, 0.6) is 5.75 Å². The largest absolute Gasteiger partial charge is 0.496 e. The molecule has 0 fully saturated rings. The number of carbonyl (C=O) groups excluding carboxylic acids is 2. The van der Waals surface area contributed by atoms with Gasteiger partial charge in [0.25, 0.3) is 0 Å². The Morgan fingerprint density at radius 2 is 1.86 bits per heavy atom. The molecule has 0 bridgehead atoms. The molecule has 0 aliphatic carbocycles. The van der Waals surface area contributed by atoms with Crippen LogP contribution in [0.1, 0.15) is 32.3 Å². The summed E-state index contributed by atoms with van der Waals surface area (Å²) < 4.78 is 10.0. The molecule has 1 N–H and O–H groups in total. The lowest BCUT2D eigenvalue weighted by molar-refractivity contribution is -0.151. The molecule has 1 aromatic carbocycles. The minimum absolute atomic E-state index is 0.0294. The van der Waals surface area contributed by atoms with Gasteiger partial charge in [-0.05, 0) is 25.0 Å². The van der Waals surface area contributed by atoms with E-state index in [2.05, 4.69) is 5.32 Å². The molecule has 0 atom stereocenters. The molecule has 1 amide bonds. The van der Waals surface area contributed by atoms with Gasteiger partial charge in [-0.2, -0.15) is 0 Å². The van der Waals surface area contributed by atoms with Crippen molar-refractivity contribution in [2.45, 2.75) is 38.6 Å². The lowest BCUT2D eigenvalue weighted by Crippen LogP contribution is -2.54. The summed E-state index contributed by atoms with van der Waals surface area (Å²) in [6, 6.07) is 5.18. The minimum Gasteiger partial charge on any atom is -0.496 e. The maximum atomic E-state index is 12.4. The van der Waals surface area contributed by atoms with E-state index >= 15 is 0 Å². The average molecular weight is 328 g/mol. The summed E-state index contributed by atoms with van der Waals surface area (Å²) in [5, 5.41) is 3.23. The average Bonchev–Trinajstić information content (AvgIpc) is 2.53. The van der Waals surface area contributed by atoms with Crippen molar-refractivity contribution in [3.05, 3.63) is 28.8 Å². The molecule has 0 unspecified atom stereocenters. The molecule has 0 saturated carbocycles. The monoisotopic (exact) mass is 327 g/mol. The summed E-state index contributed by atoms with van der Waals surface area (Å²) in [5.41, 5.74) is -0.421. The summed E-state index contributed by atoms with van der Waals surface area (Å²) in [6.45, 7) is 3.66. The molecule has 1 rings (SSSR count). The van der Waals surface area contributed by atoms with Gasteiger partial charge in [0.2, 0.25) is 5.91 Å². The maximum absolute atomic E-state index is 12.4. The molecule has 0 aliphatic rings. The SMILES string of the molecule is CCC(CC)(NC(=O)Cc1c(Cl)cccc1OC)C(=O)OC. The van der Waals surface area contributed by atoms with Crippen molar-refractivity contribution in [1.29, 1.82) is 0 Å². The van der Waals surface area contributed by atoms with Crippen molar-refractivity contribution in [1.82, 2.24) is 5.32 Å². The van der Waals surface area contributed by atoms with Crippen LogP contribution < -0.4 is 10.1 Å². The van der Waals surface area contributed by atoms with E-state index in [9.17, 15) is 9.59 Å². The highest BCUT2D eigenvalue weighted by Gasteiger charge is 2.37. The Morgan fingerprint density at radius 3 is 2.36 bits per heavy atom. The van der Waals surface area contributed by atoms with Gasteiger partial charge < -0.3 is 14.8 Å². The summed E-state index contributed by atoms with van der Waals surface area (Å²) in [6.07, 6.45) is 0.921. The molecule has 0 aliphatic heterocycles. The van der Waals surface area contributed by atoms with Crippen molar-refractivity contribution >= 4 is 23.5 Å². The number of amides is 1. The fourth-order valence-electron chi connectivity index (χ4n) is 2.34. The summed E-state index contributed by atoms with van der Waals surface area (Å²) in [5.74, 6) is -0.211. The zero-order valence-corrected chi connectivity index (χ0v) is 14.1. The number of esters is 1. The van der Waals surface area contributed by atoms with Crippen LogP contribution in [0.3, 0.4) is 0 Å². The van der Waals surface area contributed by atoms with E-state index in [0.717, 1.165) is 0 Å². The smallest absolute Gasteiger partial charge is 0.331 e. The Morgan fingerprint density at radius 1 is 1.23 bits per heavy atom. The zero-order valence-electron chi connectivity index (χ0n) is 13.4. The highest BCUT2D eigenvalue weighted by molar-refractivity contribution is 6.31. The van der Waals surface area contributed by atoms with E-state index in [0.29, 0.717) is 29.2 Å². The van der Waals surface area contributed by atoms with Crippen LogP contribution in [-0.4, -0.2) is 31.6 Å². The van der Waals surface area contributed by atoms with Gasteiger partial charge in [0.15, 0.2) is 0 Å². The van der Waals surface area contributed by atoms with E-state index in [1.807, 2.05) is 13.8 Å². The number of benzene rings is 1. The van der Waals surface area contributed by atoms with Crippen LogP contribution in [0.2, 0.25) is 5.02 Å². The zero-order chi connectivity index (χ0) is 16.8. The van der Waals surface area contributed by atoms with E-state index in [1.165, 1.54) is 14.2 Å². The van der Waals surface area contributed by atoms with Gasteiger partial charge in [0, 0.05) is 10.6 Å². The first kappa shape index (κ1) is 18.3. The summed E-state index contributed by atoms with van der Waals surface area (Å²) in [7, 11) is 2.83. The van der Waals surface area contributed by atoms with E-state index < -0.39 is 11.5 Å². The van der Waals surface area contributed by atoms with E-state index in [-0.39, 0.29) is 12.3 Å². The van der Waals surface area contributed by atoms with Gasteiger partial charge in [-0.3, -0.25) is 4.79 Å². The van der Waals surface area contributed by atoms with E-state index in [1.54, 1.807) is 18.2 Å². The molecule has 1 aromatic rings. The number of nitrogens with one attached hydrogen (secondary N) is 1. The van der Waals surface area contributed by atoms with Crippen LogP contribution in [0.25, 0.3) is 0 Å². The Hall–Kier alpha value is -1.75. The molecule has 0 heterocycles. The first-order valence-electron chi connectivity index (χ1n) is 7.14. The van der Waals surface area contributed by atoms with Gasteiger partial charge in [0.1, 0.15) is 11.3 Å². The topological polar surface area (TPSA) is 64.6 Å². The van der Waals surface area contributed by atoms with Gasteiger partial charge in [0.05, 0.1) is 20.6 Å². The van der Waals surface area contributed by atoms with Crippen molar-refractivity contribution in [2.24, 2.45) is 0 Å². The summed E-state index contributed by atoms with van der Waals surface area (Å²) >= 11 is 6.13. The van der Waals surface area contributed by atoms with Gasteiger partial charge in [-0.1, -0.05) is 31.5 Å². The predicted molar refractivity (Wildman–Crippen MR) is 85.2 cm³/mol. The van der Waals surface area contributed by atoms with Crippen molar-refractivity contribution in [3.8, 4) is 5.75 Å². The highest BCUT2D eigenvalue weighted by Crippen LogP contribution is 2.27. The van der Waals surface area contributed by atoms with Gasteiger partial charge in [-0.15, -0.1) is 0 Å². The molecule has 6 heteroatoms. The lowest BCUT2D eigenvalue weighted by atomic mass is 9.92. The Kier molecular flexibility index (Phi) is 6.68. The molecular formula is C16H22ClNO4. The molecule has 0 saturated heterocycles. The number of methoxy groups -OCH3 is 2. The fraction of sp³-hybridized carbons (Fsp3) is 0.500. The molecule has 0 aromatic heterocycles. The number of rotatable bonds is 7. The molecule has 122 valence electrons. The Bertz CT molecular complexity index is 541. The first-order chi connectivity index (χ1) is 10.4. The van der Waals surface area contributed by atoms with Gasteiger partial charge in [-0.25, -0.2) is 4.79 Å². The molecular weight excluding hydrogens is 306 g/mol. The first-order valence-corrected chi connectivity index (χ1v) is 7.52. The molecule has 0 spiro atoms. The second-order valence-electron chi connectivity index (χ2n) is 4.93. The molecule has 0 radical (unpaired) electrons. The minimum atomic E-state index is -1.01. The predicted octanol–water partition coefficient (Wildman–Crippen LogP) is 2.74. The molecule has 5 nitrogen and oxygen atoms in total. The lowest BCUT2D eigenvalue weighted by Gasteiger charge is -2.29. The van der Waals surface area contributed by atoms with Gasteiger partial charge >= 0.3 is 5.97 Å². The second kappa shape index (κ2) is 8.03. The Balaban J connectivity index is 2.96. The van der Waals surface area contributed by atoms with Crippen molar-refractivity contribution < 1.29 is 19.1 Å². The number of hydrogen-bond acceptors (Lipinski definition) is 4. The summed E-state index contributed by atoms with van der Waals surface area (Å²) in [4.78, 5) is 24.3. The number of carbonyl (C=O) groups is 2. The third-order valence-electron chi connectivity index (χ3n) is 3.80. The third kappa shape index (κ3) is 3.91. The van der Waals surface area contributed by atoms with Crippen LogP contribution >= 0.6 is 11.6 Å². The van der Waals surface area contributed by atoms with E-state index in [4.69, 9.17) is 21.1 Å². The van der Waals surface area contributed by atoms with Crippen molar-refractivity contribution in [3.63, 3.8) is 0 Å². The second-order valence-corrected chi connectivity index (χ2v) is 5.33. The fourth-order valence-corrected chi connectivity index (χ4v) is 2.57. The number of ether oxygens (including phenoxy) is 2. The van der Waals surface area contributed by atoms with Crippen molar-refractivity contribution in [2.75, 3.05) is 14.2 Å². The third-order valence-corrected chi connectivity index (χ3v) is 4.15. The Labute approximate surface area is 135 Å². The quantitative estimate of drug-likeness (QED) is 0.782. The van der Waals surface area contributed by atoms with Crippen LogP contribution in [-0.2, 0) is 20.7 Å². The highest BCUT2D eigenvalue weighted by atomic mass is 35.5. The van der Waals surface area contributed by atoms with Crippen LogP contribution in [0, 0.1) is 0 Å². The standard InChI is InChI=1S/C16H22ClNO4/c1-5-16(6-2,15(20)22-4)18-14(19)10-11-12(17)8-7-9-13(11)21-3/h7-9H,5-6,10H2,1-4H3,(H,18,19). The number of halogens is 1. The normalized spacial score (nSPS) is 11.0. The maximum Gasteiger partial charge on any atom is 0.331 e. The molecule has 22 heavy (non-hydrogen) atoms. The number of hydrogen-bond donors (Lipinski definition) is 1. The van der Waals surface area contributed by atoms with Crippen LogP contribution in [0.4, 0.5) is 0 Å².